The summed E-state index contributed by atoms with van der Waals surface area (Å²) in [6.07, 6.45) is 1.39. The van der Waals surface area contributed by atoms with Crippen molar-refractivity contribution < 1.29 is 22.7 Å². The molecule has 0 saturated heterocycles. The van der Waals surface area contributed by atoms with Crippen LogP contribution in [0.4, 0.5) is 9.80 Å². The van der Waals surface area contributed by atoms with Gasteiger partial charge in [-0.25, -0.2) is 18.2 Å². The van der Waals surface area contributed by atoms with Crippen LogP contribution < -0.4 is 5.32 Å². The number of rotatable bonds is 5. The van der Waals surface area contributed by atoms with Crippen LogP contribution in [0.2, 0.25) is 0 Å². The fourth-order valence-corrected chi connectivity index (χ4v) is 7.10. The molecule has 0 unspecified atom stereocenters. The SMILES string of the molecule is CCOC(=O)N1CCc2c(sc(NC(=O)c3ccc(S(C)(=O)=O)cc3)c2-c2nc3ccccc3s2)C1. The molecule has 0 aliphatic carbocycles. The van der Waals surface area contributed by atoms with Gasteiger partial charge in [0.2, 0.25) is 0 Å². The number of nitrogens with one attached hydrogen (secondary N) is 1. The van der Waals surface area contributed by atoms with E-state index in [2.05, 4.69) is 5.32 Å². The third-order valence-electron chi connectivity index (χ3n) is 5.86. The van der Waals surface area contributed by atoms with Gasteiger partial charge >= 0.3 is 6.09 Å². The molecular formula is C25H23N3O5S3. The van der Waals surface area contributed by atoms with Crippen LogP contribution in [-0.4, -0.2) is 49.7 Å². The number of benzene rings is 2. The van der Waals surface area contributed by atoms with Crippen LogP contribution in [0.1, 0.15) is 27.7 Å². The van der Waals surface area contributed by atoms with Gasteiger partial charge in [0.05, 0.1) is 28.3 Å². The Bertz CT molecular complexity index is 1540. The van der Waals surface area contributed by atoms with Crippen LogP contribution in [0.15, 0.2) is 53.4 Å². The highest BCUT2D eigenvalue weighted by Gasteiger charge is 2.30. The second kappa shape index (κ2) is 9.64. The Hall–Kier alpha value is -3.28. The first-order valence-corrected chi connectivity index (χ1v) is 14.8. The lowest BCUT2D eigenvalue weighted by atomic mass is 10.0. The molecule has 1 aliphatic rings. The minimum absolute atomic E-state index is 0.153. The topological polar surface area (TPSA) is 106 Å². The number of para-hydroxylation sites is 1. The zero-order valence-electron chi connectivity index (χ0n) is 19.6. The van der Waals surface area contributed by atoms with E-state index in [4.69, 9.17) is 9.72 Å². The Morgan fingerprint density at radius 3 is 2.56 bits per heavy atom. The Morgan fingerprint density at radius 2 is 1.86 bits per heavy atom. The summed E-state index contributed by atoms with van der Waals surface area (Å²) in [5, 5.41) is 4.48. The van der Waals surface area contributed by atoms with Crippen LogP contribution in [0.25, 0.3) is 20.8 Å². The average molecular weight is 542 g/mol. The second-order valence-corrected chi connectivity index (χ2v) is 12.5. The number of carbonyl (C=O) groups is 2. The predicted molar refractivity (Wildman–Crippen MR) is 142 cm³/mol. The molecule has 4 aromatic rings. The smallest absolute Gasteiger partial charge is 0.410 e. The zero-order valence-corrected chi connectivity index (χ0v) is 22.1. The molecule has 0 bridgehead atoms. The Balaban J connectivity index is 1.52. The van der Waals surface area contributed by atoms with Gasteiger partial charge in [-0.15, -0.1) is 22.7 Å². The lowest BCUT2D eigenvalue weighted by molar-refractivity contribution is 0.102. The van der Waals surface area contributed by atoms with Crippen LogP contribution in [-0.2, 0) is 27.5 Å². The van der Waals surface area contributed by atoms with E-state index in [1.165, 1.54) is 35.6 Å². The summed E-state index contributed by atoms with van der Waals surface area (Å²) in [6.45, 7) is 3.00. The van der Waals surface area contributed by atoms with Gasteiger partial charge in [0.15, 0.2) is 9.84 Å². The molecule has 8 nitrogen and oxygen atoms in total. The maximum Gasteiger partial charge on any atom is 0.410 e. The van der Waals surface area contributed by atoms with E-state index in [0.717, 1.165) is 37.5 Å². The van der Waals surface area contributed by atoms with Crippen molar-refractivity contribution in [2.45, 2.75) is 24.8 Å². The molecule has 1 N–H and O–H groups in total. The summed E-state index contributed by atoms with van der Waals surface area (Å²) in [5.74, 6) is -0.349. The average Bonchev–Trinajstić information content (AvgIpc) is 3.43. The van der Waals surface area contributed by atoms with Gasteiger partial charge in [0.1, 0.15) is 10.0 Å². The number of amides is 2. The molecule has 186 valence electrons. The summed E-state index contributed by atoms with van der Waals surface area (Å²) in [5.41, 5.74) is 3.18. The largest absolute Gasteiger partial charge is 0.450 e. The summed E-state index contributed by atoms with van der Waals surface area (Å²) in [6, 6.07) is 13.7. The standard InChI is InChI=1S/C25H23N3O5S3/c1-3-33-25(30)28-13-12-17-20(14-28)35-24(21(17)23-26-18-6-4-5-7-19(18)34-23)27-22(29)15-8-10-16(11-9-15)36(2,31)32/h4-11H,3,12-14H2,1-2H3,(H,27,29). The minimum Gasteiger partial charge on any atom is -0.450 e. The molecule has 5 rings (SSSR count). The summed E-state index contributed by atoms with van der Waals surface area (Å²) in [4.78, 5) is 33.1. The van der Waals surface area contributed by atoms with Gasteiger partial charge in [-0.1, -0.05) is 12.1 Å². The predicted octanol–water partition coefficient (Wildman–Crippen LogP) is 5.20. The normalized spacial score (nSPS) is 13.4. The molecule has 0 atom stereocenters. The van der Waals surface area contributed by atoms with E-state index in [1.54, 1.807) is 23.2 Å². The number of aromatic nitrogens is 1. The van der Waals surface area contributed by atoms with Crippen LogP contribution >= 0.6 is 22.7 Å². The van der Waals surface area contributed by atoms with Gasteiger partial charge in [-0.05, 0) is 55.3 Å². The molecule has 0 spiro atoms. The Morgan fingerprint density at radius 1 is 1.11 bits per heavy atom. The summed E-state index contributed by atoms with van der Waals surface area (Å²) >= 11 is 2.98. The lowest BCUT2D eigenvalue weighted by Crippen LogP contribution is -2.35. The molecule has 2 aromatic heterocycles. The highest BCUT2D eigenvalue weighted by atomic mass is 32.2. The Labute approximate surface area is 216 Å². The third-order valence-corrected chi connectivity index (χ3v) is 9.18. The van der Waals surface area contributed by atoms with Gasteiger partial charge in [0.25, 0.3) is 5.91 Å². The van der Waals surface area contributed by atoms with E-state index in [9.17, 15) is 18.0 Å². The number of carbonyl (C=O) groups excluding carboxylic acids is 2. The van der Waals surface area contributed by atoms with E-state index in [0.29, 0.717) is 36.7 Å². The number of sulfone groups is 1. The fourth-order valence-electron chi connectivity index (χ4n) is 4.10. The molecule has 1 aliphatic heterocycles. The van der Waals surface area contributed by atoms with Crippen LogP contribution in [0, 0.1) is 0 Å². The number of hydrogen-bond donors (Lipinski definition) is 1. The maximum atomic E-state index is 13.1. The van der Waals surface area contributed by atoms with Crippen molar-refractivity contribution in [3.05, 3.63) is 64.5 Å². The number of nitrogens with zero attached hydrogens (tertiary/aromatic N) is 2. The third kappa shape index (κ3) is 4.73. The molecule has 11 heteroatoms. The fraction of sp³-hybridized carbons (Fsp3) is 0.240. The highest BCUT2D eigenvalue weighted by Crippen LogP contribution is 2.45. The number of thiazole rings is 1. The second-order valence-electron chi connectivity index (χ2n) is 8.32. The number of fused-ring (bicyclic) bond motifs is 2. The first-order valence-electron chi connectivity index (χ1n) is 11.3. The minimum atomic E-state index is -3.36. The van der Waals surface area contributed by atoms with Crippen LogP contribution in [0.3, 0.4) is 0 Å². The van der Waals surface area contributed by atoms with Gasteiger partial charge in [-0.2, -0.15) is 0 Å². The molecule has 0 fully saturated rings. The molecular weight excluding hydrogens is 518 g/mol. The molecule has 2 amide bonds. The van der Waals surface area contributed by atoms with Gasteiger partial charge in [0, 0.05) is 28.8 Å². The summed E-state index contributed by atoms with van der Waals surface area (Å²) in [7, 11) is -3.36. The number of hydrogen-bond acceptors (Lipinski definition) is 8. The van der Waals surface area contributed by atoms with E-state index in [-0.39, 0.29) is 16.9 Å². The van der Waals surface area contributed by atoms with Crippen molar-refractivity contribution in [3.63, 3.8) is 0 Å². The number of ether oxygens (including phenoxy) is 1. The lowest BCUT2D eigenvalue weighted by Gasteiger charge is -2.26. The molecule has 2 aromatic carbocycles. The number of anilines is 1. The first-order chi connectivity index (χ1) is 17.2. The van der Waals surface area contributed by atoms with Gasteiger partial charge < -0.3 is 15.0 Å². The maximum absolute atomic E-state index is 13.1. The van der Waals surface area contributed by atoms with Crippen molar-refractivity contribution in [3.8, 4) is 10.6 Å². The highest BCUT2D eigenvalue weighted by molar-refractivity contribution is 7.90. The van der Waals surface area contributed by atoms with E-state index >= 15 is 0 Å². The van der Waals surface area contributed by atoms with Crippen molar-refractivity contribution >= 4 is 59.7 Å². The van der Waals surface area contributed by atoms with Crippen molar-refractivity contribution in [2.24, 2.45) is 0 Å². The molecule has 3 heterocycles. The Kier molecular flexibility index (Phi) is 6.54. The van der Waals surface area contributed by atoms with Crippen molar-refractivity contribution in [1.29, 1.82) is 0 Å². The first kappa shape index (κ1) is 24.4. The van der Waals surface area contributed by atoms with E-state index < -0.39 is 9.84 Å². The van der Waals surface area contributed by atoms with Crippen molar-refractivity contribution in [1.82, 2.24) is 9.88 Å². The van der Waals surface area contributed by atoms with E-state index in [1.807, 2.05) is 24.3 Å². The zero-order chi connectivity index (χ0) is 25.4. The molecule has 36 heavy (non-hydrogen) atoms. The van der Waals surface area contributed by atoms with Crippen LogP contribution in [0.5, 0.6) is 0 Å². The van der Waals surface area contributed by atoms with Crippen molar-refractivity contribution in [2.75, 3.05) is 24.7 Å². The molecule has 0 radical (unpaired) electrons. The molecule has 0 saturated carbocycles. The summed E-state index contributed by atoms with van der Waals surface area (Å²) < 4.78 is 29.8. The quantitative estimate of drug-likeness (QED) is 0.373. The van der Waals surface area contributed by atoms with Gasteiger partial charge in [-0.3, -0.25) is 4.79 Å². The monoisotopic (exact) mass is 541 g/mol. The number of thiophene rings is 1.